The number of hydrogen-bond acceptors (Lipinski definition) is 4. The first-order chi connectivity index (χ1) is 10.6. The molecule has 1 N–H and O–H groups in total. The minimum atomic E-state index is -0.391. The van der Waals surface area contributed by atoms with E-state index in [4.69, 9.17) is 21.1 Å². The van der Waals surface area contributed by atoms with E-state index >= 15 is 0 Å². The highest BCUT2D eigenvalue weighted by atomic mass is 35.5. The fourth-order valence-electron chi connectivity index (χ4n) is 2.29. The van der Waals surface area contributed by atoms with Crippen molar-refractivity contribution in [2.24, 2.45) is 0 Å². The largest absolute Gasteiger partial charge is 0.491 e. The lowest BCUT2D eigenvalue weighted by atomic mass is 10.1. The first-order valence-electron chi connectivity index (χ1n) is 6.51. The average Bonchev–Trinajstić information content (AvgIpc) is 2.89. The van der Waals surface area contributed by atoms with Gasteiger partial charge in [-0.2, -0.15) is 0 Å². The van der Waals surface area contributed by atoms with E-state index in [2.05, 4.69) is 10.3 Å². The van der Waals surface area contributed by atoms with Crippen molar-refractivity contribution in [2.75, 3.05) is 13.7 Å². The van der Waals surface area contributed by atoms with Gasteiger partial charge in [0.1, 0.15) is 23.7 Å². The quantitative estimate of drug-likeness (QED) is 0.944. The van der Waals surface area contributed by atoms with Crippen LogP contribution in [0.5, 0.6) is 11.6 Å². The number of ether oxygens (including phenoxy) is 2. The van der Waals surface area contributed by atoms with E-state index in [0.717, 1.165) is 5.56 Å². The molecule has 2 heterocycles. The zero-order chi connectivity index (χ0) is 15.7. The van der Waals surface area contributed by atoms with Crippen LogP contribution in [0.3, 0.4) is 0 Å². The van der Waals surface area contributed by atoms with Crippen LogP contribution in [-0.4, -0.2) is 24.6 Å². The van der Waals surface area contributed by atoms with Gasteiger partial charge in [0.25, 0.3) is 5.91 Å². The van der Waals surface area contributed by atoms with Crippen molar-refractivity contribution in [3.8, 4) is 11.6 Å². The van der Waals surface area contributed by atoms with E-state index in [1.165, 1.54) is 31.5 Å². The molecule has 0 bridgehead atoms. The van der Waals surface area contributed by atoms with Gasteiger partial charge in [-0.3, -0.25) is 4.79 Å². The zero-order valence-corrected chi connectivity index (χ0v) is 12.4. The summed E-state index contributed by atoms with van der Waals surface area (Å²) in [6.07, 6.45) is 1.40. The maximum absolute atomic E-state index is 13.2. The molecule has 0 spiro atoms. The zero-order valence-electron chi connectivity index (χ0n) is 11.6. The van der Waals surface area contributed by atoms with Gasteiger partial charge in [-0.25, -0.2) is 9.37 Å². The third-order valence-electron chi connectivity index (χ3n) is 3.32. The Kier molecular flexibility index (Phi) is 3.85. The maximum Gasteiger partial charge on any atom is 0.257 e. The number of carbonyl (C=O) groups excluding carboxylic acids is 1. The molecule has 1 unspecified atom stereocenters. The summed E-state index contributed by atoms with van der Waals surface area (Å²) in [5, 5.41) is 3.14. The molecule has 0 saturated carbocycles. The standard InChI is InChI=1S/C15H12ClFN2O3/c1-21-15-11(4-8(16)6-18-15)14(20)19-12-7-22-13-5-9(17)2-3-10(12)13/h2-6,12H,7H2,1H3,(H,19,20). The van der Waals surface area contributed by atoms with Crippen LogP contribution in [0.15, 0.2) is 30.5 Å². The molecule has 2 aromatic rings. The Bertz CT molecular complexity index is 739. The van der Waals surface area contributed by atoms with Crippen molar-refractivity contribution in [3.63, 3.8) is 0 Å². The predicted octanol–water partition coefficient (Wildman–Crippen LogP) is 2.75. The maximum atomic E-state index is 13.2. The molecule has 5 nitrogen and oxygen atoms in total. The molecule has 22 heavy (non-hydrogen) atoms. The number of benzene rings is 1. The third kappa shape index (κ3) is 2.69. The molecule has 0 saturated heterocycles. The monoisotopic (exact) mass is 322 g/mol. The van der Waals surface area contributed by atoms with Gasteiger partial charge >= 0.3 is 0 Å². The molecule has 0 radical (unpaired) electrons. The second kappa shape index (κ2) is 5.81. The van der Waals surface area contributed by atoms with Crippen LogP contribution in [-0.2, 0) is 0 Å². The fourth-order valence-corrected chi connectivity index (χ4v) is 2.45. The van der Waals surface area contributed by atoms with Crippen LogP contribution in [0.1, 0.15) is 22.0 Å². The Morgan fingerprint density at radius 1 is 1.50 bits per heavy atom. The van der Waals surface area contributed by atoms with Crippen LogP contribution in [0.25, 0.3) is 0 Å². The number of carbonyl (C=O) groups is 1. The van der Waals surface area contributed by atoms with Crippen LogP contribution in [0.2, 0.25) is 5.02 Å². The highest BCUT2D eigenvalue weighted by molar-refractivity contribution is 6.30. The fraction of sp³-hybridized carbons (Fsp3) is 0.200. The van der Waals surface area contributed by atoms with Crippen LogP contribution < -0.4 is 14.8 Å². The summed E-state index contributed by atoms with van der Waals surface area (Å²) in [6, 6.07) is 5.32. The van der Waals surface area contributed by atoms with Gasteiger partial charge in [0.05, 0.1) is 18.2 Å². The van der Waals surface area contributed by atoms with E-state index in [1.54, 1.807) is 6.07 Å². The van der Waals surface area contributed by atoms with Gasteiger partial charge in [-0.1, -0.05) is 17.7 Å². The lowest BCUT2D eigenvalue weighted by Crippen LogP contribution is -2.29. The Labute approximate surface area is 131 Å². The lowest BCUT2D eigenvalue weighted by Gasteiger charge is -2.13. The van der Waals surface area contributed by atoms with E-state index in [1.807, 2.05) is 0 Å². The predicted molar refractivity (Wildman–Crippen MR) is 77.9 cm³/mol. The Hall–Kier alpha value is -2.34. The van der Waals surface area contributed by atoms with E-state index in [0.29, 0.717) is 10.8 Å². The molecule has 1 aliphatic rings. The number of fused-ring (bicyclic) bond motifs is 1. The van der Waals surface area contributed by atoms with Crippen molar-refractivity contribution >= 4 is 17.5 Å². The van der Waals surface area contributed by atoms with Gasteiger partial charge in [-0.15, -0.1) is 0 Å². The summed E-state index contributed by atoms with van der Waals surface area (Å²) < 4.78 is 23.6. The molecule has 0 aliphatic carbocycles. The molecular weight excluding hydrogens is 311 g/mol. The van der Waals surface area contributed by atoms with Crippen LogP contribution in [0, 0.1) is 5.82 Å². The molecular formula is C15H12ClFN2O3. The topological polar surface area (TPSA) is 60.5 Å². The van der Waals surface area contributed by atoms with Crippen molar-refractivity contribution in [1.29, 1.82) is 0 Å². The molecule has 1 aliphatic heterocycles. The summed E-state index contributed by atoms with van der Waals surface area (Å²) in [5.74, 6) is -0.161. The second-order valence-corrected chi connectivity index (χ2v) is 5.17. The molecule has 1 atom stereocenters. The van der Waals surface area contributed by atoms with E-state index < -0.39 is 5.91 Å². The minimum Gasteiger partial charge on any atom is -0.491 e. The average molecular weight is 323 g/mol. The first-order valence-corrected chi connectivity index (χ1v) is 6.89. The van der Waals surface area contributed by atoms with Crippen molar-refractivity contribution in [1.82, 2.24) is 10.3 Å². The molecule has 7 heteroatoms. The molecule has 1 aromatic heterocycles. The SMILES string of the molecule is COc1ncc(Cl)cc1C(=O)NC1COc2cc(F)ccc21. The number of aromatic nitrogens is 1. The molecule has 114 valence electrons. The van der Waals surface area contributed by atoms with Crippen molar-refractivity contribution in [2.45, 2.75) is 6.04 Å². The number of pyridine rings is 1. The number of methoxy groups -OCH3 is 1. The minimum absolute atomic E-state index is 0.181. The summed E-state index contributed by atoms with van der Waals surface area (Å²) in [6.45, 7) is 0.237. The number of halogens is 2. The Balaban J connectivity index is 1.83. The van der Waals surface area contributed by atoms with Gasteiger partial charge < -0.3 is 14.8 Å². The second-order valence-electron chi connectivity index (χ2n) is 4.73. The van der Waals surface area contributed by atoms with Gasteiger partial charge in [0.2, 0.25) is 5.88 Å². The Morgan fingerprint density at radius 2 is 2.32 bits per heavy atom. The summed E-state index contributed by atoms with van der Waals surface area (Å²) >= 11 is 5.87. The van der Waals surface area contributed by atoms with Crippen molar-refractivity contribution < 1.29 is 18.7 Å². The molecule has 3 rings (SSSR count). The Morgan fingerprint density at radius 3 is 3.09 bits per heavy atom. The number of nitrogens with one attached hydrogen (secondary N) is 1. The molecule has 1 aromatic carbocycles. The number of hydrogen-bond donors (Lipinski definition) is 1. The molecule has 1 amide bonds. The number of nitrogens with zero attached hydrogens (tertiary/aromatic N) is 1. The van der Waals surface area contributed by atoms with E-state index in [-0.39, 0.29) is 29.9 Å². The first kappa shape index (κ1) is 14.6. The van der Waals surface area contributed by atoms with Crippen LogP contribution >= 0.6 is 11.6 Å². The van der Waals surface area contributed by atoms with Crippen molar-refractivity contribution in [3.05, 3.63) is 52.4 Å². The van der Waals surface area contributed by atoms with Crippen LogP contribution in [0.4, 0.5) is 4.39 Å². The highest BCUT2D eigenvalue weighted by Gasteiger charge is 2.27. The van der Waals surface area contributed by atoms with Gasteiger partial charge in [0, 0.05) is 17.8 Å². The number of rotatable bonds is 3. The van der Waals surface area contributed by atoms with E-state index in [9.17, 15) is 9.18 Å². The summed E-state index contributed by atoms with van der Waals surface area (Å²) in [4.78, 5) is 16.3. The smallest absolute Gasteiger partial charge is 0.257 e. The van der Waals surface area contributed by atoms with Gasteiger partial charge in [-0.05, 0) is 12.1 Å². The number of amides is 1. The van der Waals surface area contributed by atoms with Gasteiger partial charge in [0.15, 0.2) is 0 Å². The summed E-state index contributed by atoms with van der Waals surface area (Å²) in [5.41, 5.74) is 0.953. The summed E-state index contributed by atoms with van der Waals surface area (Å²) in [7, 11) is 1.42. The normalized spacial score (nSPS) is 15.9. The molecule has 0 fully saturated rings. The highest BCUT2D eigenvalue weighted by Crippen LogP contribution is 2.33. The lowest BCUT2D eigenvalue weighted by molar-refractivity contribution is 0.0926. The third-order valence-corrected chi connectivity index (χ3v) is 3.52.